The fourth-order valence-electron chi connectivity index (χ4n) is 4.48. The van der Waals surface area contributed by atoms with E-state index in [2.05, 4.69) is 52.6 Å². The summed E-state index contributed by atoms with van der Waals surface area (Å²) in [7, 11) is 1.34. The van der Waals surface area contributed by atoms with Crippen molar-refractivity contribution in [3.63, 3.8) is 0 Å². The van der Waals surface area contributed by atoms with E-state index in [9.17, 15) is 9.59 Å². The minimum Gasteiger partial charge on any atom is -0.469 e. The second-order valence-corrected chi connectivity index (χ2v) is 8.05. The Hall–Kier alpha value is -2.86. The molecule has 0 spiro atoms. The van der Waals surface area contributed by atoms with Gasteiger partial charge in [0.25, 0.3) is 0 Å². The van der Waals surface area contributed by atoms with Crippen LogP contribution in [0.5, 0.6) is 0 Å². The van der Waals surface area contributed by atoms with Gasteiger partial charge in [-0.25, -0.2) is 0 Å². The molecule has 0 aromatic heterocycles. The molecule has 0 aliphatic carbocycles. The molecule has 30 heavy (non-hydrogen) atoms. The summed E-state index contributed by atoms with van der Waals surface area (Å²) in [6.07, 6.45) is 1.49. The molecule has 1 amide bonds. The van der Waals surface area contributed by atoms with E-state index in [1.54, 1.807) is 0 Å². The quantitative estimate of drug-likeness (QED) is 0.716. The van der Waals surface area contributed by atoms with Crippen LogP contribution in [0, 0.1) is 12.8 Å². The molecule has 2 aromatic carbocycles. The molecule has 1 fully saturated rings. The van der Waals surface area contributed by atoms with Crippen molar-refractivity contribution in [1.82, 2.24) is 5.32 Å². The molecule has 4 rings (SSSR count). The molecule has 0 unspecified atom stereocenters. The first-order valence-electron chi connectivity index (χ1n) is 10.5. The maximum atomic E-state index is 12.2. The van der Waals surface area contributed by atoms with E-state index in [1.165, 1.54) is 18.2 Å². The van der Waals surface area contributed by atoms with Gasteiger partial charge in [-0.3, -0.25) is 9.59 Å². The van der Waals surface area contributed by atoms with Gasteiger partial charge in [-0.2, -0.15) is 0 Å². The average molecular weight is 408 g/mol. The largest absolute Gasteiger partial charge is 0.469 e. The monoisotopic (exact) mass is 408 g/mol. The third-order valence-corrected chi connectivity index (χ3v) is 5.94. The Morgan fingerprint density at radius 1 is 1.23 bits per heavy atom. The SMILES string of the molecule is COC(=O)CCNC(=O)Cc1ccc2c(c1)[C@@H]1OCC[C@@H]1[C@H](c1cccc(C)c1)N2. The van der Waals surface area contributed by atoms with Gasteiger partial charge in [-0.1, -0.05) is 42.0 Å². The molecule has 2 heterocycles. The molecule has 0 bridgehead atoms. The zero-order chi connectivity index (χ0) is 21.1. The molecule has 1 saturated heterocycles. The highest BCUT2D eigenvalue weighted by molar-refractivity contribution is 5.79. The summed E-state index contributed by atoms with van der Waals surface area (Å²) in [4.78, 5) is 23.4. The molecule has 6 heteroatoms. The van der Waals surface area contributed by atoms with Crippen LogP contribution in [0.15, 0.2) is 42.5 Å². The molecule has 6 nitrogen and oxygen atoms in total. The van der Waals surface area contributed by atoms with Crippen molar-refractivity contribution < 1.29 is 19.1 Å². The Kier molecular flexibility index (Phi) is 6.04. The fraction of sp³-hybridized carbons (Fsp3) is 0.417. The number of carbonyl (C=O) groups excluding carboxylic acids is 2. The van der Waals surface area contributed by atoms with Crippen LogP contribution in [0.1, 0.15) is 47.2 Å². The molecular weight excluding hydrogens is 380 g/mol. The topological polar surface area (TPSA) is 76.7 Å². The Morgan fingerprint density at radius 2 is 2.10 bits per heavy atom. The first kappa shape index (κ1) is 20.4. The summed E-state index contributed by atoms with van der Waals surface area (Å²) in [6, 6.07) is 15.0. The molecule has 0 radical (unpaired) electrons. The van der Waals surface area contributed by atoms with Crippen LogP contribution in [0.3, 0.4) is 0 Å². The van der Waals surface area contributed by atoms with Crippen molar-refractivity contribution in [2.75, 3.05) is 25.6 Å². The van der Waals surface area contributed by atoms with Gasteiger partial charge in [-0.15, -0.1) is 0 Å². The number of benzene rings is 2. The number of esters is 1. The first-order valence-corrected chi connectivity index (χ1v) is 10.5. The summed E-state index contributed by atoms with van der Waals surface area (Å²) >= 11 is 0. The van der Waals surface area contributed by atoms with Crippen molar-refractivity contribution in [2.24, 2.45) is 5.92 Å². The van der Waals surface area contributed by atoms with E-state index in [4.69, 9.17) is 4.74 Å². The summed E-state index contributed by atoms with van der Waals surface area (Å²) in [5.41, 5.74) is 5.68. The fourth-order valence-corrected chi connectivity index (χ4v) is 4.48. The lowest BCUT2D eigenvalue weighted by molar-refractivity contribution is -0.140. The van der Waals surface area contributed by atoms with Crippen LogP contribution >= 0.6 is 0 Å². The Labute approximate surface area is 177 Å². The molecule has 2 N–H and O–H groups in total. The zero-order valence-corrected chi connectivity index (χ0v) is 17.4. The van der Waals surface area contributed by atoms with Gasteiger partial charge >= 0.3 is 5.97 Å². The standard InChI is InChI=1S/C24H28N2O4/c1-15-4-3-5-17(12-15)23-18-9-11-30-24(18)19-13-16(6-7-20(19)26-23)14-21(27)25-10-8-22(28)29-2/h3-7,12-13,18,23-24,26H,8-11,14H2,1-2H3,(H,25,27)/t18-,23+,24-/m1/s1. The highest BCUT2D eigenvalue weighted by Crippen LogP contribution is 2.50. The van der Waals surface area contributed by atoms with Gasteiger partial charge in [0.05, 0.1) is 32.1 Å². The number of amides is 1. The highest BCUT2D eigenvalue weighted by Gasteiger charge is 2.41. The third-order valence-electron chi connectivity index (χ3n) is 5.94. The predicted octanol–water partition coefficient (Wildman–Crippen LogP) is 3.46. The molecule has 2 aromatic rings. The summed E-state index contributed by atoms with van der Waals surface area (Å²) in [5.74, 6) is -0.0738. The number of anilines is 1. The smallest absolute Gasteiger partial charge is 0.307 e. The van der Waals surface area contributed by atoms with Crippen molar-refractivity contribution in [3.8, 4) is 0 Å². The number of rotatable bonds is 6. The lowest BCUT2D eigenvalue weighted by Gasteiger charge is -2.37. The van der Waals surface area contributed by atoms with Crippen molar-refractivity contribution in [1.29, 1.82) is 0 Å². The normalized spacial score (nSPS) is 21.9. The number of hydrogen-bond acceptors (Lipinski definition) is 5. The number of carbonyl (C=O) groups is 2. The van der Waals surface area contributed by atoms with Gasteiger partial charge in [0.15, 0.2) is 0 Å². The zero-order valence-electron chi connectivity index (χ0n) is 17.4. The van der Waals surface area contributed by atoms with E-state index >= 15 is 0 Å². The van der Waals surface area contributed by atoms with E-state index in [0.717, 1.165) is 29.8 Å². The number of fused-ring (bicyclic) bond motifs is 3. The molecular formula is C24H28N2O4. The lowest BCUT2D eigenvalue weighted by Crippen LogP contribution is -2.30. The molecule has 3 atom stereocenters. The number of methoxy groups -OCH3 is 1. The lowest BCUT2D eigenvalue weighted by atomic mass is 9.80. The second-order valence-electron chi connectivity index (χ2n) is 8.05. The van der Waals surface area contributed by atoms with Gasteiger partial charge in [0.1, 0.15) is 0 Å². The number of hydrogen-bond donors (Lipinski definition) is 2. The van der Waals surface area contributed by atoms with Crippen LogP contribution in [0.2, 0.25) is 0 Å². The first-order chi connectivity index (χ1) is 14.5. The highest BCUT2D eigenvalue weighted by atomic mass is 16.5. The number of nitrogens with one attached hydrogen (secondary N) is 2. The Bertz CT molecular complexity index is 943. The van der Waals surface area contributed by atoms with Crippen molar-refractivity contribution in [3.05, 3.63) is 64.7 Å². The summed E-state index contributed by atoms with van der Waals surface area (Å²) in [5, 5.41) is 6.48. The maximum absolute atomic E-state index is 12.2. The Balaban J connectivity index is 1.49. The van der Waals surface area contributed by atoms with E-state index < -0.39 is 0 Å². The maximum Gasteiger partial charge on any atom is 0.307 e. The minimum atomic E-state index is -0.331. The minimum absolute atomic E-state index is 0.0362. The molecule has 2 aliphatic heterocycles. The van der Waals surface area contributed by atoms with Crippen molar-refractivity contribution >= 4 is 17.6 Å². The predicted molar refractivity (Wildman–Crippen MR) is 114 cm³/mol. The van der Waals surface area contributed by atoms with E-state index in [0.29, 0.717) is 5.92 Å². The third kappa shape index (κ3) is 4.33. The van der Waals surface area contributed by atoms with Crippen LogP contribution < -0.4 is 10.6 Å². The summed E-state index contributed by atoms with van der Waals surface area (Å²) < 4.78 is 10.7. The molecule has 158 valence electrons. The van der Waals surface area contributed by atoms with Crippen LogP contribution in [0.4, 0.5) is 5.69 Å². The van der Waals surface area contributed by atoms with E-state index in [-0.39, 0.29) is 43.4 Å². The van der Waals surface area contributed by atoms with E-state index in [1.807, 2.05) is 12.1 Å². The average Bonchev–Trinajstić information content (AvgIpc) is 3.23. The van der Waals surface area contributed by atoms with Gasteiger partial charge in [0, 0.05) is 30.3 Å². The molecule has 2 aliphatic rings. The number of aryl methyl sites for hydroxylation is 1. The van der Waals surface area contributed by atoms with Crippen LogP contribution in [-0.4, -0.2) is 32.1 Å². The van der Waals surface area contributed by atoms with Crippen LogP contribution in [-0.2, 0) is 25.5 Å². The second kappa shape index (κ2) is 8.88. The van der Waals surface area contributed by atoms with Crippen molar-refractivity contribution in [2.45, 2.75) is 38.3 Å². The number of ether oxygens (including phenoxy) is 2. The summed E-state index contributed by atoms with van der Waals surface area (Å²) in [6.45, 7) is 3.15. The Morgan fingerprint density at radius 3 is 2.90 bits per heavy atom. The van der Waals surface area contributed by atoms with Crippen LogP contribution in [0.25, 0.3) is 0 Å². The van der Waals surface area contributed by atoms with Gasteiger partial charge in [-0.05, 0) is 30.5 Å². The molecule has 0 saturated carbocycles. The van der Waals surface area contributed by atoms with Gasteiger partial charge in [0.2, 0.25) is 5.91 Å². The van der Waals surface area contributed by atoms with Gasteiger partial charge < -0.3 is 20.1 Å².